The summed E-state index contributed by atoms with van der Waals surface area (Å²) in [6.45, 7) is 4.77. The zero-order chi connectivity index (χ0) is 20.6. The molecular weight excluding hydrogens is 428 g/mol. The summed E-state index contributed by atoms with van der Waals surface area (Å²) in [6, 6.07) is 23.6. The molecule has 3 aromatic rings. The van der Waals surface area contributed by atoms with Gasteiger partial charge in [0, 0.05) is 12.0 Å². The molecule has 0 heterocycles. The molecule has 4 heteroatoms. The number of hydrogen-bond acceptors (Lipinski definition) is 3. The van der Waals surface area contributed by atoms with Crippen LogP contribution in [0.4, 0.5) is 0 Å². The van der Waals surface area contributed by atoms with E-state index in [0.717, 1.165) is 21.3 Å². The highest BCUT2D eigenvalue weighted by atomic mass is 79.9. The number of rotatable bonds is 8. The third kappa shape index (κ3) is 5.94. The Labute approximate surface area is 180 Å². The van der Waals surface area contributed by atoms with Gasteiger partial charge in [-0.3, -0.25) is 4.79 Å². The van der Waals surface area contributed by atoms with Gasteiger partial charge >= 0.3 is 5.97 Å². The average molecular weight is 453 g/mol. The molecule has 3 rings (SSSR count). The highest BCUT2D eigenvalue weighted by molar-refractivity contribution is 9.10. The first kappa shape index (κ1) is 21.1. The van der Waals surface area contributed by atoms with Crippen molar-refractivity contribution >= 4 is 21.9 Å². The summed E-state index contributed by atoms with van der Waals surface area (Å²) in [5.74, 6) is 1.58. The van der Waals surface area contributed by atoms with Gasteiger partial charge in [0.1, 0.15) is 11.5 Å². The Morgan fingerprint density at radius 2 is 1.66 bits per heavy atom. The zero-order valence-electron chi connectivity index (χ0n) is 16.7. The van der Waals surface area contributed by atoms with Crippen molar-refractivity contribution in [2.75, 3.05) is 6.61 Å². The van der Waals surface area contributed by atoms with E-state index in [-0.39, 0.29) is 5.97 Å². The molecule has 29 heavy (non-hydrogen) atoms. The van der Waals surface area contributed by atoms with Gasteiger partial charge in [0.2, 0.25) is 0 Å². The summed E-state index contributed by atoms with van der Waals surface area (Å²) in [7, 11) is 0. The average Bonchev–Trinajstić information content (AvgIpc) is 2.73. The highest BCUT2D eigenvalue weighted by Crippen LogP contribution is 2.30. The molecule has 0 radical (unpaired) electrons. The van der Waals surface area contributed by atoms with E-state index in [1.54, 1.807) is 0 Å². The van der Waals surface area contributed by atoms with Crippen LogP contribution in [0.1, 0.15) is 38.2 Å². The third-order valence-corrected chi connectivity index (χ3v) is 5.22. The quantitative estimate of drug-likeness (QED) is 0.209. The van der Waals surface area contributed by atoms with Gasteiger partial charge in [-0.2, -0.15) is 0 Å². The van der Waals surface area contributed by atoms with Gasteiger partial charge in [-0.15, -0.1) is 0 Å². The number of benzene rings is 3. The molecule has 3 aromatic carbocycles. The van der Waals surface area contributed by atoms with E-state index in [2.05, 4.69) is 41.9 Å². The summed E-state index contributed by atoms with van der Waals surface area (Å²) < 4.78 is 12.4. The first-order valence-electron chi connectivity index (χ1n) is 9.82. The van der Waals surface area contributed by atoms with Crippen molar-refractivity contribution < 1.29 is 14.3 Å². The SMILES string of the molecule is CC(C)c1ccc(OCCCC(=O)Oc2ccccc2-c2ccccc2)c(Br)c1. The van der Waals surface area contributed by atoms with Gasteiger partial charge in [0.25, 0.3) is 0 Å². The minimum Gasteiger partial charge on any atom is -0.492 e. The molecular formula is C25H25BrO3. The maximum absolute atomic E-state index is 12.3. The van der Waals surface area contributed by atoms with Crippen LogP contribution in [-0.4, -0.2) is 12.6 Å². The fraction of sp³-hybridized carbons (Fsp3) is 0.240. The molecule has 0 aromatic heterocycles. The van der Waals surface area contributed by atoms with Crippen LogP contribution in [0.2, 0.25) is 0 Å². The molecule has 3 nitrogen and oxygen atoms in total. The smallest absolute Gasteiger partial charge is 0.311 e. The third-order valence-electron chi connectivity index (χ3n) is 4.60. The maximum Gasteiger partial charge on any atom is 0.311 e. The second kappa shape index (κ2) is 10.3. The van der Waals surface area contributed by atoms with Crippen LogP contribution in [0.15, 0.2) is 77.3 Å². The van der Waals surface area contributed by atoms with Crippen molar-refractivity contribution in [3.8, 4) is 22.6 Å². The lowest BCUT2D eigenvalue weighted by molar-refractivity contribution is -0.134. The Morgan fingerprint density at radius 3 is 2.38 bits per heavy atom. The van der Waals surface area contributed by atoms with Gasteiger partial charge in [-0.25, -0.2) is 0 Å². The number of carbonyl (C=O) groups is 1. The van der Waals surface area contributed by atoms with Crippen LogP contribution in [0.25, 0.3) is 11.1 Å². The van der Waals surface area contributed by atoms with Crippen molar-refractivity contribution in [1.82, 2.24) is 0 Å². The molecule has 0 aliphatic carbocycles. The van der Waals surface area contributed by atoms with Crippen LogP contribution < -0.4 is 9.47 Å². The molecule has 0 aliphatic heterocycles. The summed E-state index contributed by atoms with van der Waals surface area (Å²) in [5, 5.41) is 0. The van der Waals surface area contributed by atoms with Gasteiger partial charge in [-0.1, -0.05) is 68.4 Å². The number of ether oxygens (including phenoxy) is 2. The van der Waals surface area contributed by atoms with Crippen molar-refractivity contribution in [2.45, 2.75) is 32.6 Å². The Hall–Kier alpha value is -2.59. The molecule has 0 N–H and O–H groups in total. The maximum atomic E-state index is 12.3. The predicted molar refractivity (Wildman–Crippen MR) is 120 cm³/mol. The standard InChI is InChI=1S/C25H25BrO3/c1-18(2)20-14-15-24(22(26)17-20)28-16-8-13-25(27)29-23-12-7-6-11-21(23)19-9-4-3-5-10-19/h3-7,9-12,14-15,17-18H,8,13,16H2,1-2H3. The summed E-state index contributed by atoms with van der Waals surface area (Å²) in [4.78, 5) is 12.3. The molecule has 0 atom stereocenters. The van der Waals surface area contributed by atoms with Crippen molar-refractivity contribution in [3.05, 3.63) is 82.8 Å². The number of esters is 1. The molecule has 0 bridgehead atoms. The predicted octanol–water partition coefficient (Wildman–Crippen LogP) is 7.00. The first-order chi connectivity index (χ1) is 14.0. The van der Waals surface area contributed by atoms with E-state index < -0.39 is 0 Å². The molecule has 0 amide bonds. The monoisotopic (exact) mass is 452 g/mol. The van der Waals surface area contributed by atoms with Crippen LogP contribution in [0, 0.1) is 0 Å². The molecule has 0 aliphatic rings. The summed E-state index contributed by atoms with van der Waals surface area (Å²) in [6.07, 6.45) is 0.884. The molecule has 150 valence electrons. The van der Waals surface area contributed by atoms with Crippen molar-refractivity contribution in [1.29, 1.82) is 0 Å². The second-order valence-corrected chi connectivity index (χ2v) is 7.99. The Kier molecular flexibility index (Phi) is 7.48. The summed E-state index contributed by atoms with van der Waals surface area (Å²) in [5.41, 5.74) is 3.19. The lowest BCUT2D eigenvalue weighted by Crippen LogP contribution is -2.10. The fourth-order valence-corrected chi connectivity index (χ4v) is 3.49. The molecule has 0 fully saturated rings. The minimum atomic E-state index is -0.258. The Bertz CT molecular complexity index is 951. The van der Waals surface area contributed by atoms with Gasteiger partial charge in [-0.05, 0) is 57.6 Å². The van der Waals surface area contributed by atoms with Crippen molar-refractivity contribution in [3.63, 3.8) is 0 Å². The summed E-state index contributed by atoms with van der Waals surface area (Å²) >= 11 is 3.55. The largest absolute Gasteiger partial charge is 0.492 e. The highest BCUT2D eigenvalue weighted by Gasteiger charge is 2.11. The van der Waals surface area contributed by atoms with E-state index in [0.29, 0.717) is 31.1 Å². The van der Waals surface area contributed by atoms with E-state index >= 15 is 0 Å². The second-order valence-electron chi connectivity index (χ2n) is 7.13. The van der Waals surface area contributed by atoms with E-state index in [1.807, 2.05) is 60.7 Å². The van der Waals surface area contributed by atoms with Gasteiger partial charge in [0.15, 0.2) is 0 Å². The minimum absolute atomic E-state index is 0.258. The zero-order valence-corrected chi connectivity index (χ0v) is 18.3. The lowest BCUT2D eigenvalue weighted by atomic mass is 10.0. The van der Waals surface area contributed by atoms with E-state index in [9.17, 15) is 4.79 Å². The van der Waals surface area contributed by atoms with Crippen LogP contribution in [0.3, 0.4) is 0 Å². The van der Waals surface area contributed by atoms with Crippen LogP contribution in [-0.2, 0) is 4.79 Å². The van der Waals surface area contributed by atoms with Gasteiger partial charge < -0.3 is 9.47 Å². The van der Waals surface area contributed by atoms with Crippen LogP contribution in [0.5, 0.6) is 11.5 Å². The van der Waals surface area contributed by atoms with Crippen molar-refractivity contribution in [2.24, 2.45) is 0 Å². The molecule has 0 spiro atoms. The normalized spacial score (nSPS) is 10.8. The molecule has 0 saturated carbocycles. The van der Waals surface area contributed by atoms with Crippen LogP contribution >= 0.6 is 15.9 Å². The number of para-hydroxylation sites is 1. The van der Waals surface area contributed by atoms with Gasteiger partial charge in [0.05, 0.1) is 11.1 Å². The van der Waals surface area contributed by atoms with E-state index in [4.69, 9.17) is 9.47 Å². The number of carbonyl (C=O) groups excluding carboxylic acids is 1. The fourth-order valence-electron chi connectivity index (χ4n) is 2.98. The van der Waals surface area contributed by atoms with E-state index in [1.165, 1.54) is 5.56 Å². The first-order valence-corrected chi connectivity index (χ1v) is 10.6. The molecule has 0 unspecified atom stereocenters. The molecule has 0 saturated heterocycles. The number of halogens is 1. The lowest BCUT2D eigenvalue weighted by Gasteiger charge is -2.12. The topological polar surface area (TPSA) is 35.5 Å². The number of hydrogen-bond donors (Lipinski definition) is 0. The Balaban J connectivity index is 1.51. The Morgan fingerprint density at radius 1 is 0.931 bits per heavy atom.